The third-order valence-electron chi connectivity index (χ3n) is 5.08. The maximum absolute atomic E-state index is 5.96. The van der Waals surface area contributed by atoms with Crippen LogP contribution in [0.4, 0.5) is 0 Å². The summed E-state index contributed by atoms with van der Waals surface area (Å²) < 4.78 is 16.9. The summed E-state index contributed by atoms with van der Waals surface area (Å²) in [6.45, 7) is 2.69. The molecular formula is C21H24N4O3. The van der Waals surface area contributed by atoms with Crippen molar-refractivity contribution in [3.05, 3.63) is 54.2 Å². The lowest BCUT2D eigenvalue weighted by molar-refractivity contribution is 0.184. The molecule has 2 aromatic heterocycles. The molecule has 4 rings (SSSR count). The number of hydrogen-bond donors (Lipinski definition) is 0. The first-order valence-corrected chi connectivity index (χ1v) is 9.44. The molecular weight excluding hydrogens is 356 g/mol. The molecule has 7 heteroatoms. The summed E-state index contributed by atoms with van der Waals surface area (Å²) in [6, 6.07) is 9.78. The molecule has 0 bridgehead atoms. The summed E-state index contributed by atoms with van der Waals surface area (Å²) in [6.07, 6.45) is 5.59. The number of pyridine rings is 1. The Kier molecular flexibility index (Phi) is 5.53. The minimum Gasteiger partial charge on any atom is -0.493 e. The van der Waals surface area contributed by atoms with Gasteiger partial charge in [0.05, 0.1) is 25.7 Å². The van der Waals surface area contributed by atoms with Crippen molar-refractivity contribution in [2.45, 2.75) is 25.3 Å². The summed E-state index contributed by atoms with van der Waals surface area (Å²) in [5.74, 6) is 2.99. The SMILES string of the molecule is COc1cccc(CN2CCC[C@H](c3nnc(-c4cccnc4)o3)C2)c1OC. The van der Waals surface area contributed by atoms with Crippen molar-refractivity contribution < 1.29 is 13.9 Å². The molecule has 1 aliphatic rings. The number of piperidine rings is 1. The number of aromatic nitrogens is 3. The summed E-state index contributed by atoms with van der Waals surface area (Å²) in [5.41, 5.74) is 1.96. The van der Waals surface area contributed by atoms with Crippen molar-refractivity contribution >= 4 is 0 Å². The van der Waals surface area contributed by atoms with E-state index < -0.39 is 0 Å². The monoisotopic (exact) mass is 380 g/mol. The second-order valence-corrected chi connectivity index (χ2v) is 6.91. The maximum Gasteiger partial charge on any atom is 0.249 e. The minimum atomic E-state index is 0.225. The second-order valence-electron chi connectivity index (χ2n) is 6.91. The van der Waals surface area contributed by atoms with E-state index in [4.69, 9.17) is 13.9 Å². The number of para-hydroxylation sites is 1. The zero-order valence-corrected chi connectivity index (χ0v) is 16.2. The predicted octanol–water partition coefficient (Wildman–Crippen LogP) is 3.53. The highest BCUT2D eigenvalue weighted by Gasteiger charge is 2.27. The van der Waals surface area contributed by atoms with E-state index in [1.165, 1.54) is 0 Å². The number of hydrogen-bond acceptors (Lipinski definition) is 7. The van der Waals surface area contributed by atoms with Gasteiger partial charge in [-0.05, 0) is 37.6 Å². The Morgan fingerprint density at radius 2 is 2.07 bits per heavy atom. The first-order chi connectivity index (χ1) is 13.8. The van der Waals surface area contributed by atoms with Crippen LogP contribution in [0.25, 0.3) is 11.5 Å². The number of rotatable bonds is 6. The van der Waals surface area contributed by atoms with Gasteiger partial charge in [-0.1, -0.05) is 12.1 Å². The molecule has 0 radical (unpaired) electrons. The summed E-state index contributed by atoms with van der Waals surface area (Å²) in [5, 5.41) is 8.51. The Hall–Kier alpha value is -2.93. The first-order valence-electron chi connectivity index (χ1n) is 9.44. The van der Waals surface area contributed by atoms with Crippen molar-refractivity contribution in [1.29, 1.82) is 0 Å². The Labute approximate surface area is 164 Å². The molecule has 1 aromatic carbocycles. The molecule has 0 saturated carbocycles. The number of methoxy groups -OCH3 is 2. The van der Waals surface area contributed by atoms with Crippen LogP contribution in [0, 0.1) is 0 Å². The molecule has 3 heterocycles. The van der Waals surface area contributed by atoms with Gasteiger partial charge in [0.15, 0.2) is 11.5 Å². The summed E-state index contributed by atoms with van der Waals surface area (Å²) >= 11 is 0. The van der Waals surface area contributed by atoms with Gasteiger partial charge < -0.3 is 13.9 Å². The van der Waals surface area contributed by atoms with E-state index in [1.54, 1.807) is 26.6 Å². The molecule has 0 unspecified atom stereocenters. The molecule has 3 aromatic rings. The molecule has 146 valence electrons. The van der Waals surface area contributed by atoms with Crippen LogP contribution in [0.15, 0.2) is 47.1 Å². The molecule has 0 amide bonds. The van der Waals surface area contributed by atoms with E-state index in [0.29, 0.717) is 11.8 Å². The Morgan fingerprint density at radius 1 is 1.14 bits per heavy atom. The van der Waals surface area contributed by atoms with Crippen LogP contribution in [0.5, 0.6) is 11.5 Å². The standard InChI is InChI=1S/C21H24N4O3/c1-26-18-9-3-6-16(19(18)27-2)13-25-11-5-8-17(14-25)21-24-23-20(28-21)15-7-4-10-22-12-15/h3-4,6-7,9-10,12,17H,5,8,11,13-14H2,1-2H3/t17-/m0/s1. The van der Waals surface area contributed by atoms with Crippen molar-refractivity contribution in [2.24, 2.45) is 0 Å². The number of nitrogens with zero attached hydrogens (tertiary/aromatic N) is 4. The molecule has 0 aliphatic carbocycles. The average molecular weight is 380 g/mol. The number of benzene rings is 1. The summed E-state index contributed by atoms with van der Waals surface area (Å²) in [4.78, 5) is 6.52. The molecule has 1 fully saturated rings. The van der Waals surface area contributed by atoms with Gasteiger partial charge in [0.2, 0.25) is 11.8 Å². The summed E-state index contributed by atoms with van der Waals surface area (Å²) in [7, 11) is 3.34. The van der Waals surface area contributed by atoms with Crippen LogP contribution in [-0.4, -0.2) is 47.4 Å². The average Bonchev–Trinajstić information content (AvgIpc) is 3.25. The topological polar surface area (TPSA) is 73.5 Å². The largest absolute Gasteiger partial charge is 0.493 e. The normalized spacial score (nSPS) is 17.4. The Balaban J connectivity index is 1.48. The van der Waals surface area contributed by atoms with E-state index in [0.717, 1.165) is 55.1 Å². The zero-order valence-electron chi connectivity index (χ0n) is 16.2. The molecule has 0 spiro atoms. The maximum atomic E-state index is 5.96. The Morgan fingerprint density at radius 3 is 2.86 bits per heavy atom. The molecule has 1 atom stereocenters. The second kappa shape index (κ2) is 8.39. The van der Waals surface area contributed by atoms with E-state index in [1.807, 2.05) is 24.3 Å². The van der Waals surface area contributed by atoms with Gasteiger partial charge in [-0.2, -0.15) is 0 Å². The highest BCUT2D eigenvalue weighted by Crippen LogP contribution is 2.34. The highest BCUT2D eigenvalue weighted by molar-refractivity contribution is 5.50. The van der Waals surface area contributed by atoms with Crippen LogP contribution in [0.1, 0.15) is 30.2 Å². The van der Waals surface area contributed by atoms with Crippen LogP contribution in [-0.2, 0) is 6.54 Å². The van der Waals surface area contributed by atoms with Crippen molar-refractivity contribution in [2.75, 3.05) is 27.3 Å². The van der Waals surface area contributed by atoms with Gasteiger partial charge in [-0.15, -0.1) is 10.2 Å². The van der Waals surface area contributed by atoms with E-state index in [2.05, 4.69) is 26.1 Å². The molecule has 28 heavy (non-hydrogen) atoms. The molecule has 1 saturated heterocycles. The fraction of sp³-hybridized carbons (Fsp3) is 0.381. The lowest BCUT2D eigenvalue weighted by Crippen LogP contribution is -2.34. The van der Waals surface area contributed by atoms with Crippen LogP contribution in [0.3, 0.4) is 0 Å². The molecule has 0 N–H and O–H groups in total. The highest BCUT2D eigenvalue weighted by atomic mass is 16.5. The molecule has 7 nitrogen and oxygen atoms in total. The van der Waals surface area contributed by atoms with Gasteiger partial charge in [-0.25, -0.2) is 0 Å². The Bertz CT molecular complexity index is 913. The van der Waals surface area contributed by atoms with E-state index >= 15 is 0 Å². The quantitative estimate of drug-likeness (QED) is 0.648. The van der Waals surface area contributed by atoms with Crippen LogP contribution >= 0.6 is 0 Å². The number of likely N-dealkylation sites (tertiary alicyclic amines) is 1. The van der Waals surface area contributed by atoms with Gasteiger partial charge in [-0.3, -0.25) is 9.88 Å². The fourth-order valence-electron chi connectivity index (χ4n) is 3.73. The van der Waals surface area contributed by atoms with Crippen molar-refractivity contribution in [1.82, 2.24) is 20.1 Å². The third-order valence-corrected chi connectivity index (χ3v) is 5.08. The third kappa shape index (κ3) is 3.84. The van der Waals surface area contributed by atoms with Crippen molar-refractivity contribution in [3.8, 4) is 23.0 Å². The minimum absolute atomic E-state index is 0.225. The first kappa shape index (κ1) is 18.4. The van der Waals surface area contributed by atoms with Gasteiger partial charge in [0.25, 0.3) is 0 Å². The predicted molar refractivity (Wildman–Crippen MR) is 104 cm³/mol. The van der Waals surface area contributed by atoms with Crippen LogP contribution in [0.2, 0.25) is 0 Å². The van der Waals surface area contributed by atoms with Gasteiger partial charge in [0, 0.05) is 31.0 Å². The van der Waals surface area contributed by atoms with Gasteiger partial charge in [0.1, 0.15) is 0 Å². The van der Waals surface area contributed by atoms with E-state index in [-0.39, 0.29) is 5.92 Å². The smallest absolute Gasteiger partial charge is 0.249 e. The zero-order chi connectivity index (χ0) is 19.3. The lowest BCUT2D eigenvalue weighted by atomic mass is 9.97. The van der Waals surface area contributed by atoms with E-state index in [9.17, 15) is 0 Å². The number of ether oxygens (including phenoxy) is 2. The van der Waals surface area contributed by atoms with Crippen LogP contribution < -0.4 is 9.47 Å². The lowest BCUT2D eigenvalue weighted by Gasteiger charge is -2.31. The fourth-order valence-corrected chi connectivity index (χ4v) is 3.73. The van der Waals surface area contributed by atoms with Gasteiger partial charge >= 0.3 is 0 Å². The van der Waals surface area contributed by atoms with Crippen molar-refractivity contribution in [3.63, 3.8) is 0 Å². The molecule has 1 aliphatic heterocycles.